The van der Waals surface area contributed by atoms with Crippen molar-refractivity contribution in [3.63, 3.8) is 0 Å². The van der Waals surface area contributed by atoms with Crippen molar-refractivity contribution in [1.82, 2.24) is 10.3 Å². The second-order valence-electron chi connectivity index (χ2n) is 3.99. The fourth-order valence-corrected chi connectivity index (χ4v) is 2.00. The van der Waals surface area contributed by atoms with E-state index in [1.807, 2.05) is 0 Å². The van der Waals surface area contributed by atoms with Gasteiger partial charge in [0.15, 0.2) is 0 Å². The maximum atomic E-state index is 5.88. The van der Waals surface area contributed by atoms with E-state index in [2.05, 4.69) is 17.2 Å². The average Bonchev–Trinajstić information content (AvgIpc) is 2.76. The van der Waals surface area contributed by atoms with Crippen molar-refractivity contribution in [3.8, 4) is 11.8 Å². The third kappa shape index (κ3) is 4.42. The van der Waals surface area contributed by atoms with Crippen LogP contribution in [-0.4, -0.2) is 11.5 Å². The summed E-state index contributed by atoms with van der Waals surface area (Å²) >= 11 is 11.8. The number of benzene rings is 1. The topological polar surface area (TPSA) is 47.3 Å². The van der Waals surface area contributed by atoms with E-state index in [1.54, 1.807) is 24.5 Å². The molecule has 1 heterocycles. The van der Waals surface area contributed by atoms with Crippen LogP contribution in [0.2, 0.25) is 10.0 Å². The maximum Gasteiger partial charge on any atom is 0.399 e. The molecule has 0 aliphatic rings. The molecular weight excluding hydrogens is 287 g/mol. The van der Waals surface area contributed by atoms with Gasteiger partial charge in [0.2, 0.25) is 0 Å². The van der Waals surface area contributed by atoms with Gasteiger partial charge in [-0.05, 0) is 31.2 Å². The SMILES string of the molecule is CCCNCc1coc(Oc2cc(Cl)cc(Cl)c2)n1. The maximum absolute atomic E-state index is 5.88. The van der Waals surface area contributed by atoms with Gasteiger partial charge in [-0.25, -0.2) is 0 Å². The minimum atomic E-state index is 0.173. The molecule has 0 radical (unpaired) electrons. The third-order valence-electron chi connectivity index (χ3n) is 2.30. The normalized spacial score (nSPS) is 10.7. The van der Waals surface area contributed by atoms with E-state index < -0.39 is 0 Å². The van der Waals surface area contributed by atoms with Crippen LogP contribution in [0.5, 0.6) is 11.8 Å². The molecule has 2 aromatic rings. The highest BCUT2D eigenvalue weighted by atomic mass is 35.5. The van der Waals surface area contributed by atoms with Gasteiger partial charge in [-0.15, -0.1) is 0 Å². The molecule has 0 saturated carbocycles. The van der Waals surface area contributed by atoms with Crippen molar-refractivity contribution in [3.05, 3.63) is 40.2 Å². The lowest BCUT2D eigenvalue weighted by Gasteiger charge is -2.01. The van der Waals surface area contributed by atoms with Gasteiger partial charge in [-0.2, -0.15) is 4.98 Å². The number of oxazole rings is 1. The van der Waals surface area contributed by atoms with Crippen LogP contribution in [-0.2, 0) is 6.54 Å². The summed E-state index contributed by atoms with van der Waals surface area (Å²) in [4.78, 5) is 4.20. The monoisotopic (exact) mass is 300 g/mol. The van der Waals surface area contributed by atoms with Gasteiger partial charge in [0.1, 0.15) is 12.0 Å². The Morgan fingerprint density at radius 3 is 2.68 bits per heavy atom. The van der Waals surface area contributed by atoms with Crippen LogP contribution in [0.3, 0.4) is 0 Å². The van der Waals surface area contributed by atoms with Gasteiger partial charge in [-0.1, -0.05) is 30.1 Å². The Balaban J connectivity index is 1.99. The number of nitrogens with one attached hydrogen (secondary N) is 1. The predicted molar refractivity (Wildman–Crippen MR) is 75.0 cm³/mol. The Labute approximate surface area is 121 Å². The number of ether oxygens (including phenoxy) is 1. The van der Waals surface area contributed by atoms with Gasteiger partial charge < -0.3 is 14.5 Å². The van der Waals surface area contributed by atoms with Crippen LogP contribution in [0.4, 0.5) is 0 Å². The Kier molecular flexibility index (Phi) is 5.07. The molecule has 0 amide bonds. The zero-order valence-corrected chi connectivity index (χ0v) is 12.0. The standard InChI is InChI=1S/C13H14Cl2N2O2/c1-2-3-16-7-11-8-18-13(17-11)19-12-5-9(14)4-10(15)6-12/h4-6,8,16H,2-3,7H2,1H3. The number of rotatable bonds is 6. The van der Waals surface area contributed by atoms with Crippen LogP contribution in [0, 0.1) is 0 Å². The molecule has 0 bridgehead atoms. The lowest BCUT2D eigenvalue weighted by Crippen LogP contribution is -2.13. The molecule has 1 N–H and O–H groups in total. The van der Waals surface area contributed by atoms with Gasteiger partial charge >= 0.3 is 6.08 Å². The molecular formula is C13H14Cl2N2O2. The lowest BCUT2D eigenvalue weighted by atomic mass is 10.3. The van der Waals surface area contributed by atoms with Crippen LogP contribution in [0.1, 0.15) is 19.0 Å². The first kappa shape index (κ1) is 14.2. The average molecular weight is 301 g/mol. The molecule has 0 aliphatic carbocycles. The lowest BCUT2D eigenvalue weighted by molar-refractivity contribution is 0.331. The van der Waals surface area contributed by atoms with E-state index in [0.29, 0.717) is 22.3 Å². The Morgan fingerprint density at radius 2 is 2.00 bits per heavy atom. The number of nitrogens with zero attached hydrogens (tertiary/aromatic N) is 1. The van der Waals surface area contributed by atoms with Crippen LogP contribution < -0.4 is 10.1 Å². The predicted octanol–water partition coefficient (Wildman–Crippen LogP) is 4.27. The molecule has 0 unspecified atom stereocenters. The molecule has 0 saturated heterocycles. The van der Waals surface area contributed by atoms with Gasteiger partial charge in [0.25, 0.3) is 0 Å². The summed E-state index contributed by atoms with van der Waals surface area (Å²) < 4.78 is 10.7. The summed E-state index contributed by atoms with van der Waals surface area (Å²) in [5.41, 5.74) is 0.788. The summed E-state index contributed by atoms with van der Waals surface area (Å²) in [6.45, 7) is 3.69. The second kappa shape index (κ2) is 6.80. The molecule has 1 aromatic carbocycles. The first-order valence-electron chi connectivity index (χ1n) is 5.96. The Hall–Kier alpha value is -1.23. The van der Waals surface area contributed by atoms with Crippen molar-refractivity contribution < 1.29 is 9.15 Å². The summed E-state index contributed by atoms with van der Waals surface area (Å²) in [5.74, 6) is 0.493. The fraction of sp³-hybridized carbons (Fsp3) is 0.308. The van der Waals surface area contributed by atoms with E-state index in [-0.39, 0.29) is 6.08 Å². The summed E-state index contributed by atoms with van der Waals surface area (Å²) in [6, 6.07) is 4.92. The van der Waals surface area contributed by atoms with E-state index in [0.717, 1.165) is 18.7 Å². The molecule has 2 rings (SSSR count). The molecule has 0 spiro atoms. The number of halogens is 2. The molecule has 0 aliphatic heterocycles. The molecule has 6 heteroatoms. The number of aromatic nitrogens is 1. The quantitative estimate of drug-likeness (QED) is 0.809. The first-order chi connectivity index (χ1) is 9.17. The highest BCUT2D eigenvalue weighted by Crippen LogP contribution is 2.27. The minimum Gasteiger partial charge on any atom is -0.417 e. The molecule has 4 nitrogen and oxygen atoms in total. The van der Waals surface area contributed by atoms with Crippen LogP contribution in [0.25, 0.3) is 0 Å². The molecule has 0 atom stereocenters. The van der Waals surface area contributed by atoms with Crippen molar-refractivity contribution >= 4 is 23.2 Å². The van der Waals surface area contributed by atoms with Gasteiger partial charge in [0.05, 0.1) is 5.69 Å². The van der Waals surface area contributed by atoms with E-state index in [4.69, 9.17) is 32.4 Å². The largest absolute Gasteiger partial charge is 0.417 e. The van der Waals surface area contributed by atoms with E-state index in [9.17, 15) is 0 Å². The van der Waals surface area contributed by atoms with E-state index in [1.165, 1.54) is 0 Å². The Bertz CT molecular complexity index is 523. The van der Waals surface area contributed by atoms with Crippen LogP contribution in [0.15, 0.2) is 28.9 Å². The van der Waals surface area contributed by atoms with Gasteiger partial charge in [0, 0.05) is 16.6 Å². The summed E-state index contributed by atoms with van der Waals surface area (Å²) in [6.07, 6.45) is 2.80. The number of hydrogen-bond donors (Lipinski definition) is 1. The molecule has 0 fully saturated rings. The zero-order chi connectivity index (χ0) is 13.7. The van der Waals surface area contributed by atoms with Crippen molar-refractivity contribution in [2.75, 3.05) is 6.54 Å². The van der Waals surface area contributed by atoms with E-state index >= 15 is 0 Å². The first-order valence-corrected chi connectivity index (χ1v) is 6.72. The number of hydrogen-bond acceptors (Lipinski definition) is 4. The minimum absolute atomic E-state index is 0.173. The molecule has 19 heavy (non-hydrogen) atoms. The Morgan fingerprint density at radius 1 is 1.26 bits per heavy atom. The second-order valence-corrected chi connectivity index (χ2v) is 4.86. The highest BCUT2D eigenvalue weighted by molar-refractivity contribution is 6.34. The summed E-state index contributed by atoms with van der Waals surface area (Å²) in [7, 11) is 0. The highest BCUT2D eigenvalue weighted by Gasteiger charge is 2.07. The fourth-order valence-electron chi connectivity index (χ4n) is 1.50. The third-order valence-corrected chi connectivity index (χ3v) is 2.74. The summed E-state index contributed by atoms with van der Waals surface area (Å²) in [5, 5.41) is 4.22. The molecule has 102 valence electrons. The zero-order valence-electron chi connectivity index (χ0n) is 10.5. The van der Waals surface area contributed by atoms with Crippen molar-refractivity contribution in [2.24, 2.45) is 0 Å². The van der Waals surface area contributed by atoms with Crippen molar-refractivity contribution in [2.45, 2.75) is 19.9 Å². The van der Waals surface area contributed by atoms with Gasteiger partial charge in [-0.3, -0.25) is 0 Å². The smallest absolute Gasteiger partial charge is 0.399 e. The van der Waals surface area contributed by atoms with Crippen LogP contribution >= 0.6 is 23.2 Å². The van der Waals surface area contributed by atoms with Crippen molar-refractivity contribution in [1.29, 1.82) is 0 Å². The molecule has 1 aromatic heterocycles.